The fourth-order valence-electron chi connectivity index (χ4n) is 7.09. The van der Waals surface area contributed by atoms with E-state index in [2.05, 4.69) is 13.0 Å². The van der Waals surface area contributed by atoms with E-state index in [1.54, 1.807) is 0 Å². The summed E-state index contributed by atoms with van der Waals surface area (Å²) in [6.45, 7) is 5.27. The summed E-state index contributed by atoms with van der Waals surface area (Å²) in [5.41, 5.74) is 7.65. The quantitative estimate of drug-likeness (QED) is 0.287. The molecule has 8 heteroatoms. The number of carboxylic acids is 1. The molecule has 206 valence electrons. The van der Waals surface area contributed by atoms with Crippen molar-refractivity contribution in [3.8, 4) is 17.2 Å². The summed E-state index contributed by atoms with van der Waals surface area (Å²) in [4.78, 5) is 22.2. The molecule has 6 N–H and O–H groups in total. The molecule has 38 heavy (non-hydrogen) atoms. The van der Waals surface area contributed by atoms with Gasteiger partial charge in [0, 0.05) is 18.8 Å². The van der Waals surface area contributed by atoms with Gasteiger partial charge in [-0.25, -0.2) is 0 Å². The number of fused-ring (bicyclic) bond motifs is 5. The number of ether oxygens (including phenoxy) is 1. The summed E-state index contributed by atoms with van der Waals surface area (Å²) in [7, 11) is 0. The Kier molecular flexibility index (Phi) is 7.66. The number of hydrogen-bond acceptors (Lipinski definition) is 7. The Morgan fingerprint density at radius 1 is 1.05 bits per heavy atom. The number of esters is 1. The van der Waals surface area contributed by atoms with Crippen LogP contribution in [0.5, 0.6) is 17.2 Å². The first-order chi connectivity index (χ1) is 17.8. The zero-order valence-electron chi connectivity index (χ0n) is 22.3. The van der Waals surface area contributed by atoms with Gasteiger partial charge in [0.2, 0.25) is 0 Å². The maximum Gasteiger partial charge on any atom is 0.323 e. The molecular weight excluding hydrogens is 486 g/mol. The minimum Gasteiger partial charge on any atom is -0.508 e. The molecule has 0 aromatic heterocycles. The normalized spacial score (nSPS) is 28.9. The van der Waals surface area contributed by atoms with E-state index in [1.165, 1.54) is 62.4 Å². The second kappa shape index (κ2) is 10.5. The topological polar surface area (TPSA) is 150 Å². The van der Waals surface area contributed by atoms with Gasteiger partial charge in [0.1, 0.15) is 17.4 Å². The van der Waals surface area contributed by atoms with Crippen molar-refractivity contribution in [2.75, 3.05) is 0 Å². The largest absolute Gasteiger partial charge is 0.508 e. The van der Waals surface area contributed by atoms with Crippen molar-refractivity contribution in [3.63, 3.8) is 0 Å². The van der Waals surface area contributed by atoms with Gasteiger partial charge in [-0.2, -0.15) is 0 Å². The van der Waals surface area contributed by atoms with Crippen molar-refractivity contribution in [1.29, 1.82) is 0 Å². The highest BCUT2D eigenvalue weighted by molar-refractivity contribution is 5.78. The Morgan fingerprint density at radius 3 is 2.45 bits per heavy atom. The molecule has 2 aromatic carbocycles. The Labute approximate surface area is 223 Å². The van der Waals surface area contributed by atoms with E-state index in [9.17, 15) is 19.8 Å². The first kappa shape index (κ1) is 27.8. The number of carbonyl (C=O) groups excluding carboxylic acids is 1. The minimum atomic E-state index is -1.39. The number of nitrogens with two attached hydrogens (primary N) is 1. The van der Waals surface area contributed by atoms with Crippen LogP contribution in [0.25, 0.3) is 0 Å². The third kappa shape index (κ3) is 5.46. The Morgan fingerprint density at radius 2 is 1.79 bits per heavy atom. The summed E-state index contributed by atoms with van der Waals surface area (Å²) in [6.07, 6.45) is 6.96. The predicted octanol–water partition coefficient (Wildman–Crippen LogP) is 4.62. The standard InChI is InChI=1S/C20H26O3.C10H13NO4/c1-12(21)23-19-8-7-18-17-5-3-13-11-14(22)4-6-15(13)16(17)9-10-20(18,19)2;1-10(11,9(14)15)5-6-2-3-7(12)8(13)4-6/h4,6,11,16-19,22H,3,5,7-10H2,1-2H3;2-4,12-13H,5,11H2,1H3,(H,14,15). The van der Waals surface area contributed by atoms with Crippen molar-refractivity contribution in [3.05, 3.63) is 53.1 Å². The van der Waals surface area contributed by atoms with Gasteiger partial charge in [-0.1, -0.05) is 19.1 Å². The van der Waals surface area contributed by atoms with Gasteiger partial charge in [0.15, 0.2) is 11.5 Å². The molecule has 3 aliphatic carbocycles. The van der Waals surface area contributed by atoms with Crippen molar-refractivity contribution < 1.29 is 34.8 Å². The van der Waals surface area contributed by atoms with Gasteiger partial charge in [-0.05, 0) is 104 Å². The van der Waals surface area contributed by atoms with Crippen LogP contribution in [0.1, 0.15) is 75.5 Å². The zero-order valence-corrected chi connectivity index (χ0v) is 22.3. The monoisotopic (exact) mass is 525 g/mol. The molecule has 2 aromatic rings. The van der Waals surface area contributed by atoms with Crippen LogP contribution >= 0.6 is 0 Å². The Bertz CT molecular complexity index is 1210. The fourth-order valence-corrected chi connectivity index (χ4v) is 7.09. The molecule has 2 saturated carbocycles. The lowest BCUT2D eigenvalue weighted by atomic mass is 9.55. The van der Waals surface area contributed by atoms with Gasteiger partial charge in [-0.15, -0.1) is 0 Å². The van der Waals surface area contributed by atoms with Crippen LogP contribution in [-0.2, 0) is 27.2 Å². The van der Waals surface area contributed by atoms with Crippen LogP contribution in [-0.4, -0.2) is 44.0 Å². The average molecular weight is 526 g/mol. The molecule has 8 nitrogen and oxygen atoms in total. The van der Waals surface area contributed by atoms with Crippen molar-refractivity contribution in [1.82, 2.24) is 0 Å². The van der Waals surface area contributed by atoms with Crippen molar-refractivity contribution in [2.45, 2.75) is 83.3 Å². The number of phenols is 3. The van der Waals surface area contributed by atoms with Gasteiger partial charge in [-0.3, -0.25) is 9.59 Å². The number of hydrogen-bond donors (Lipinski definition) is 5. The molecule has 0 bridgehead atoms. The molecule has 0 aliphatic heterocycles. The summed E-state index contributed by atoms with van der Waals surface area (Å²) < 4.78 is 5.68. The maximum atomic E-state index is 11.4. The Balaban J connectivity index is 0.000000196. The number of carboxylic acid groups (broad SMARTS) is 1. The summed E-state index contributed by atoms with van der Waals surface area (Å²) in [6, 6.07) is 10.0. The number of rotatable bonds is 4. The summed E-state index contributed by atoms with van der Waals surface area (Å²) in [5, 5.41) is 36.8. The van der Waals surface area contributed by atoms with E-state index in [1.807, 2.05) is 12.1 Å². The second-order valence-electron chi connectivity index (χ2n) is 11.7. The molecule has 0 heterocycles. The first-order valence-electron chi connectivity index (χ1n) is 13.3. The molecule has 2 fully saturated rings. The zero-order chi connectivity index (χ0) is 27.8. The van der Waals surface area contributed by atoms with Crippen LogP contribution in [0.3, 0.4) is 0 Å². The number of benzene rings is 2. The van der Waals surface area contributed by atoms with Crippen molar-refractivity contribution in [2.24, 2.45) is 23.0 Å². The van der Waals surface area contributed by atoms with Crippen LogP contribution in [0, 0.1) is 17.3 Å². The molecule has 0 saturated heterocycles. The van der Waals surface area contributed by atoms with Gasteiger partial charge < -0.3 is 30.9 Å². The van der Waals surface area contributed by atoms with Gasteiger partial charge >= 0.3 is 11.9 Å². The smallest absolute Gasteiger partial charge is 0.323 e. The van der Waals surface area contributed by atoms with E-state index in [-0.39, 0.29) is 35.4 Å². The number of carbonyl (C=O) groups is 2. The number of aliphatic carboxylic acids is 1. The number of aryl methyl sites for hydroxylation is 1. The highest BCUT2D eigenvalue weighted by Crippen LogP contribution is 2.61. The lowest BCUT2D eigenvalue weighted by Crippen LogP contribution is -2.46. The molecule has 0 radical (unpaired) electrons. The van der Waals surface area contributed by atoms with E-state index >= 15 is 0 Å². The third-order valence-electron chi connectivity index (χ3n) is 9.03. The number of phenolic OH excluding ortho intramolecular Hbond substituents is 3. The number of aromatic hydroxyl groups is 3. The van der Waals surface area contributed by atoms with Crippen LogP contribution in [0.15, 0.2) is 36.4 Å². The SMILES string of the molecule is CC(=O)OC1CCC2C3CCc4cc(O)ccc4C3CCC12C.CC(N)(Cc1ccc(O)c(O)c1)C(=O)O. The van der Waals surface area contributed by atoms with Crippen LogP contribution in [0.2, 0.25) is 0 Å². The first-order valence-corrected chi connectivity index (χ1v) is 13.3. The van der Waals surface area contributed by atoms with Crippen LogP contribution < -0.4 is 5.73 Å². The fraction of sp³-hybridized carbons (Fsp3) is 0.533. The van der Waals surface area contributed by atoms with E-state index in [0.717, 1.165) is 19.3 Å². The van der Waals surface area contributed by atoms with Crippen LogP contribution in [0.4, 0.5) is 0 Å². The molecule has 6 unspecified atom stereocenters. The molecular formula is C30H39NO7. The summed E-state index contributed by atoms with van der Waals surface area (Å²) in [5.74, 6) is 0.589. The van der Waals surface area contributed by atoms with E-state index in [4.69, 9.17) is 20.7 Å². The van der Waals surface area contributed by atoms with Gasteiger partial charge in [0.05, 0.1) is 0 Å². The maximum absolute atomic E-state index is 11.4. The molecule has 6 atom stereocenters. The Hall–Kier alpha value is -3.26. The average Bonchev–Trinajstić information content (AvgIpc) is 3.16. The summed E-state index contributed by atoms with van der Waals surface area (Å²) >= 11 is 0. The minimum absolute atomic E-state index is 0.0795. The molecule has 0 spiro atoms. The van der Waals surface area contributed by atoms with E-state index < -0.39 is 11.5 Å². The van der Waals surface area contributed by atoms with Gasteiger partial charge in [0.25, 0.3) is 0 Å². The lowest BCUT2D eigenvalue weighted by molar-refractivity contribution is -0.154. The highest BCUT2D eigenvalue weighted by atomic mass is 16.5. The molecule has 3 aliphatic rings. The predicted molar refractivity (Wildman–Crippen MR) is 142 cm³/mol. The lowest BCUT2D eigenvalue weighted by Gasteiger charge is -2.50. The second-order valence-corrected chi connectivity index (χ2v) is 11.7. The van der Waals surface area contributed by atoms with E-state index in [0.29, 0.717) is 29.1 Å². The molecule has 5 rings (SSSR count). The van der Waals surface area contributed by atoms with Crippen molar-refractivity contribution >= 4 is 11.9 Å². The molecule has 0 amide bonds. The highest BCUT2D eigenvalue weighted by Gasteiger charge is 2.56. The third-order valence-corrected chi connectivity index (χ3v) is 9.03.